The fourth-order valence-electron chi connectivity index (χ4n) is 1.98. The highest BCUT2D eigenvalue weighted by Gasteiger charge is 2.21. The van der Waals surface area contributed by atoms with Crippen LogP contribution in [0.25, 0.3) is 0 Å². The summed E-state index contributed by atoms with van der Waals surface area (Å²) in [4.78, 5) is 23.0. The molecule has 0 spiro atoms. The Hall–Kier alpha value is -1.78. The van der Waals surface area contributed by atoms with Crippen LogP contribution in [0.4, 0.5) is 0 Å². The molecule has 2 rings (SSSR count). The fraction of sp³-hybridized carbons (Fsp3) is 0.500. The van der Waals surface area contributed by atoms with Crippen LogP contribution in [0.5, 0.6) is 0 Å². The van der Waals surface area contributed by atoms with E-state index in [1.165, 1.54) is 6.26 Å². The lowest BCUT2D eigenvalue weighted by molar-refractivity contribution is -0.139. The van der Waals surface area contributed by atoms with Crippen molar-refractivity contribution in [1.82, 2.24) is 10.6 Å². The quantitative estimate of drug-likeness (QED) is 0.768. The van der Waals surface area contributed by atoms with Crippen LogP contribution in [0, 0.1) is 0 Å². The van der Waals surface area contributed by atoms with Gasteiger partial charge in [-0.3, -0.25) is 9.59 Å². The van der Waals surface area contributed by atoms with Gasteiger partial charge in [-0.25, -0.2) is 0 Å². The maximum absolute atomic E-state index is 11.5. The van der Waals surface area contributed by atoms with Gasteiger partial charge in [-0.05, 0) is 25.0 Å². The molecule has 5 heteroatoms. The Labute approximate surface area is 99.6 Å². The van der Waals surface area contributed by atoms with Crippen molar-refractivity contribution >= 4 is 11.8 Å². The number of rotatable bonds is 3. The molecule has 1 fully saturated rings. The molecule has 0 atom stereocenters. The number of amides is 2. The molecule has 0 unspecified atom stereocenters. The zero-order chi connectivity index (χ0) is 12.1. The largest absolute Gasteiger partial charge is 0.467 e. The van der Waals surface area contributed by atoms with E-state index in [4.69, 9.17) is 4.42 Å². The molecule has 0 aromatic carbocycles. The van der Waals surface area contributed by atoms with Crippen molar-refractivity contribution in [2.24, 2.45) is 0 Å². The van der Waals surface area contributed by atoms with Crippen LogP contribution in [0.15, 0.2) is 22.8 Å². The second-order valence-corrected chi connectivity index (χ2v) is 4.22. The van der Waals surface area contributed by atoms with Gasteiger partial charge < -0.3 is 15.1 Å². The van der Waals surface area contributed by atoms with Gasteiger partial charge in [0.1, 0.15) is 5.76 Å². The van der Waals surface area contributed by atoms with E-state index in [1.807, 2.05) is 0 Å². The van der Waals surface area contributed by atoms with Gasteiger partial charge in [-0.2, -0.15) is 0 Å². The van der Waals surface area contributed by atoms with E-state index in [0.717, 1.165) is 25.7 Å². The third kappa shape index (κ3) is 3.34. The zero-order valence-electron chi connectivity index (χ0n) is 9.57. The predicted molar refractivity (Wildman–Crippen MR) is 61.0 cm³/mol. The summed E-state index contributed by atoms with van der Waals surface area (Å²) in [7, 11) is 0. The Morgan fingerprint density at radius 2 is 2.06 bits per heavy atom. The van der Waals surface area contributed by atoms with Crippen LogP contribution >= 0.6 is 0 Å². The van der Waals surface area contributed by atoms with E-state index < -0.39 is 11.8 Å². The van der Waals surface area contributed by atoms with Gasteiger partial charge in [0.05, 0.1) is 12.8 Å². The number of hydrogen-bond acceptors (Lipinski definition) is 3. The minimum atomic E-state index is -0.603. The first-order valence-electron chi connectivity index (χ1n) is 5.87. The summed E-state index contributed by atoms with van der Waals surface area (Å²) in [5, 5.41) is 5.24. The van der Waals surface area contributed by atoms with Crippen molar-refractivity contribution in [3.8, 4) is 0 Å². The Kier molecular flexibility index (Phi) is 3.80. The molecule has 1 aliphatic rings. The Morgan fingerprint density at radius 3 is 2.71 bits per heavy atom. The number of carbonyl (C=O) groups excluding carboxylic acids is 2. The van der Waals surface area contributed by atoms with Crippen LogP contribution in [0.1, 0.15) is 31.4 Å². The van der Waals surface area contributed by atoms with Crippen molar-refractivity contribution in [3.05, 3.63) is 24.2 Å². The molecule has 0 radical (unpaired) electrons. The predicted octanol–water partition coefficient (Wildman–Crippen LogP) is 0.955. The van der Waals surface area contributed by atoms with Crippen molar-refractivity contribution < 1.29 is 14.0 Å². The van der Waals surface area contributed by atoms with E-state index in [-0.39, 0.29) is 12.6 Å². The van der Waals surface area contributed by atoms with Gasteiger partial charge in [0.2, 0.25) is 0 Å². The first-order valence-corrected chi connectivity index (χ1v) is 5.87. The fourth-order valence-corrected chi connectivity index (χ4v) is 1.98. The molecule has 1 aromatic heterocycles. The summed E-state index contributed by atoms with van der Waals surface area (Å²) in [6.07, 6.45) is 5.71. The SMILES string of the molecule is O=C(NCc1ccco1)C(=O)NC1CCCC1. The van der Waals surface area contributed by atoms with Crippen LogP contribution in [0.3, 0.4) is 0 Å². The summed E-state index contributed by atoms with van der Waals surface area (Å²) >= 11 is 0. The van der Waals surface area contributed by atoms with Crippen LogP contribution in [-0.2, 0) is 16.1 Å². The normalized spacial score (nSPS) is 15.8. The second-order valence-electron chi connectivity index (χ2n) is 4.22. The minimum absolute atomic E-state index is 0.164. The molecule has 1 aliphatic carbocycles. The highest BCUT2D eigenvalue weighted by atomic mass is 16.3. The maximum Gasteiger partial charge on any atom is 0.309 e. The average molecular weight is 236 g/mol. The molecule has 0 aliphatic heterocycles. The molecule has 1 aromatic rings. The molecular formula is C12H16N2O3. The monoisotopic (exact) mass is 236 g/mol. The average Bonchev–Trinajstić information content (AvgIpc) is 2.98. The first kappa shape index (κ1) is 11.7. The van der Waals surface area contributed by atoms with Gasteiger partial charge in [0.15, 0.2) is 0 Å². The zero-order valence-corrected chi connectivity index (χ0v) is 9.57. The number of nitrogens with one attached hydrogen (secondary N) is 2. The van der Waals surface area contributed by atoms with Gasteiger partial charge in [-0.15, -0.1) is 0 Å². The molecule has 1 heterocycles. The maximum atomic E-state index is 11.5. The summed E-state index contributed by atoms with van der Waals surface area (Å²) in [6.45, 7) is 0.240. The molecule has 1 saturated carbocycles. The van der Waals surface area contributed by atoms with E-state index in [9.17, 15) is 9.59 Å². The van der Waals surface area contributed by atoms with E-state index in [1.54, 1.807) is 12.1 Å². The third-order valence-corrected chi connectivity index (χ3v) is 2.90. The molecule has 5 nitrogen and oxygen atoms in total. The summed E-state index contributed by atoms with van der Waals surface area (Å²) in [5.74, 6) is -0.524. The van der Waals surface area contributed by atoms with Gasteiger partial charge >= 0.3 is 11.8 Å². The van der Waals surface area contributed by atoms with E-state index in [2.05, 4.69) is 10.6 Å². The topological polar surface area (TPSA) is 71.3 Å². The Balaban J connectivity index is 1.73. The summed E-state index contributed by atoms with van der Waals surface area (Å²) < 4.78 is 5.05. The Morgan fingerprint density at radius 1 is 1.29 bits per heavy atom. The molecular weight excluding hydrogens is 220 g/mol. The van der Waals surface area contributed by atoms with Crippen LogP contribution in [-0.4, -0.2) is 17.9 Å². The smallest absolute Gasteiger partial charge is 0.309 e. The lowest BCUT2D eigenvalue weighted by Gasteiger charge is -2.11. The van der Waals surface area contributed by atoms with Gasteiger partial charge in [-0.1, -0.05) is 12.8 Å². The summed E-state index contributed by atoms with van der Waals surface area (Å²) in [5.41, 5.74) is 0. The van der Waals surface area contributed by atoms with E-state index >= 15 is 0 Å². The first-order chi connectivity index (χ1) is 8.25. The molecule has 92 valence electrons. The van der Waals surface area contributed by atoms with E-state index in [0.29, 0.717) is 5.76 Å². The van der Waals surface area contributed by atoms with Crippen LogP contribution < -0.4 is 10.6 Å². The number of carbonyl (C=O) groups is 2. The molecule has 0 saturated heterocycles. The minimum Gasteiger partial charge on any atom is -0.467 e. The molecule has 2 N–H and O–H groups in total. The van der Waals surface area contributed by atoms with Crippen molar-refractivity contribution in [2.75, 3.05) is 0 Å². The number of hydrogen-bond donors (Lipinski definition) is 2. The van der Waals surface area contributed by atoms with Crippen molar-refractivity contribution in [3.63, 3.8) is 0 Å². The lowest BCUT2D eigenvalue weighted by atomic mass is 10.2. The highest BCUT2D eigenvalue weighted by Crippen LogP contribution is 2.17. The van der Waals surface area contributed by atoms with Crippen LogP contribution in [0.2, 0.25) is 0 Å². The third-order valence-electron chi connectivity index (χ3n) is 2.90. The molecule has 0 bridgehead atoms. The lowest BCUT2D eigenvalue weighted by Crippen LogP contribution is -2.43. The Bertz CT molecular complexity index is 380. The standard InChI is InChI=1S/C12H16N2O3/c15-11(13-8-10-6-3-7-17-10)12(16)14-9-4-1-2-5-9/h3,6-7,9H,1-2,4-5,8H2,(H,13,15)(H,14,16). The summed E-state index contributed by atoms with van der Waals surface area (Å²) in [6, 6.07) is 3.65. The van der Waals surface area contributed by atoms with Gasteiger partial charge in [0.25, 0.3) is 0 Å². The number of furan rings is 1. The second kappa shape index (κ2) is 5.52. The molecule has 17 heavy (non-hydrogen) atoms. The molecule has 2 amide bonds. The van der Waals surface area contributed by atoms with Crippen molar-refractivity contribution in [1.29, 1.82) is 0 Å². The van der Waals surface area contributed by atoms with Crippen molar-refractivity contribution in [2.45, 2.75) is 38.3 Å². The highest BCUT2D eigenvalue weighted by molar-refractivity contribution is 6.35. The van der Waals surface area contributed by atoms with Gasteiger partial charge in [0, 0.05) is 6.04 Å².